The standard InChI is InChI=1S/C20H22N6O5S/c1-21-17-8-16(23-13-3-2-4-15-19(13)31-6-5-30-15)25-20-14(9-22-26(17)20)24-18(27)7-12-10-32(28,29)11-12/h2-4,8-9,12,21H,5-7,10-11H2,1H3,(H,23,25)(H,24,27). The molecule has 32 heavy (non-hydrogen) atoms. The Hall–Kier alpha value is -3.54. The molecule has 5 rings (SSSR count). The number of para-hydroxylation sites is 1. The molecule has 2 aliphatic heterocycles. The van der Waals surface area contributed by atoms with E-state index >= 15 is 0 Å². The van der Waals surface area contributed by atoms with Gasteiger partial charge in [-0.3, -0.25) is 4.79 Å². The minimum Gasteiger partial charge on any atom is -0.486 e. The molecule has 1 saturated heterocycles. The van der Waals surface area contributed by atoms with Gasteiger partial charge in [0.05, 0.1) is 23.4 Å². The number of fused-ring (bicyclic) bond motifs is 2. The molecule has 3 aromatic rings. The Kier molecular flexibility index (Phi) is 5.00. The van der Waals surface area contributed by atoms with Crippen LogP contribution in [0.3, 0.4) is 0 Å². The van der Waals surface area contributed by atoms with Crippen LogP contribution in [0.25, 0.3) is 5.65 Å². The van der Waals surface area contributed by atoms with Crippen LogP contribution in [0.2, 0.25) is 0 Å². The number of rotatable bonds is 6. The summed E-state index contributed by atoms with van der Waals surface area (Å²) in [5.41, 5.74) is 1.58. The number of carbonyl (C=O) groups excluding carboxylic acids is 1. The minimum absolute atomic E-state index is 0.0541. The quantitative estimate of drug-likeness (QED) is 0.504. The molecular weight excluding hydrogens is 436 g/mol. The molecule has 11 nitrogen and oxygen atoms in total. The van der Waals surface area contributed by atoms with E-state index in [9.17, 15) is 13.2 Å². The summed E-state index contributed by atoms with van der Waals surface area (Å²) in [6.07, 6.45) is 1.66. The number of hydrogen-bond acceptors (Lipinski definition) is 9. The summed E-state index contributed by atoms with van der Waals surface area (Å²) in [7, 11) is -1.21. The first-order valence-electron chi connectivity index (χ1n) is 10.1. The van der Waals surface area contributed by atoms with Crippen LogP contribution >= 0.6 is 0 Å². The third kappa shape index (κ3) is 3.88. The molecule has 0 spiro atoms. The fourth-order valence-corrected chi connectivity index (χ4v) is 5.43. The van der Waals surface area contributed by atoms with Crippen molar-refractivity contribution in [2.24, 2.45) is 5.92 Å². The minimum atomic E-state index is -2.97. The van der Waals surface area contributed by atoms with E-state index in [1.807, 2.05) is 18.2 Å². The number of amides is 1. The van der Waals surface area contributed by atoms with E-state index in [1.54, 1.807) is 17.6 Å². The van der Waals surface area contributed by atoms with Crippen LogP contribution in [-0.2, 0) is 14.6 Å². The van der Waals surface area contributed by atoms with Crippen molar-refractivity contribution < 1.29 is 22.7 Å². The number of ether oxygens (including phenoxy) is 2. The Labute approximate surface area is 184 Å². The highest BCUT2D eigenvalue weighted by molar-refractivity contribution is 7.92. The van der Waals surface area contributed by atoms with Crippen molar-refractivity contribution >= 4 is 44.4 Å². The van der Waals surface area contributed by atoms with Gasteiger partial charge in [0.1, 0.15) is 30.5 Å². The largest absolute Gasteiger partial charge is 0.486 e. The lowest BCUT2D eigenvalue weighted by molar-refractivity contribution is -0.116. The molecule has 4 heterocycles. The van der Waals surface area contributed by atoms with E-state index in [-0.39, 0.29) is 29.8 Å². The number of sulfone groups is 1. The summed E-state index contributed by atoms with van der Waals surface area (Å²) in [6.45, 7) is 0.956. The topological polar surface area (TPSA) is 136 Å². The van der Waals surface area contributed by atoms with E-state index in [2.05, 4.69) is 26.0 Å². The van der Waals surface area contributed by atoms with Crippen molar-refractivity contribution in [2.45, 2.75) is 6.42 Å². The molecule has 0 atom stereocenters. The Balaban J connectivity index is 1.41. The molecule has 0 radical (unpaired) electrons. The SMILES string of the molecule is CNc1cc(Nc2cccc3c2OCCO3)nc2c(NC(=O)CC3CS(=O)(=O)C3)cnn12. The summed E-state index contributed by atoms with van der Waals surface area (Å²) in [5.74, 6) is 2.14. The van der Waals surface area contributed by atoms with Gasteiger partial charge < -0.3 is 25.4 Å². The van der Waals surface area contributed by atoms with E-state index < -0.39 is 9.84 Å². The van der Waals surface area contributed by atoms with Gasteiger partial charge in [-0.2, -0.15) is 9.61 Å². The first kappa shape index (κ1) is 20.4. The Morgan fingerprint density at radius 3 is 2.81 bits per heavy atom. The molecule has 168 valence electrons. The average molecular weight is 459 g/mol. The molecule has 0 unspecified atom stereocenters. The number of nitrogens with zero attached hydrogens (tertiary/aromatic N) is 3. The van der Waals surface area contributed by atoms with Gasteiger partial charge >= 0.3 is 0 Å². The fraction of sp³-hybridized carbons (Fsp3) is 0.350. The molecule has 1 fully saturated rings. The number of nitrogens with one attached hydrogen (secondary N) is 3. The Bertz CT molecular complexity index is 1290. The van der Waals surface area contributed by atoms with Gasteiger partial charge in [0.25, 0.3) is 0 Å². The summed E-state index contributed by atoms with van der Waals surface area (Å²) < 4.78 is 35.6. The average Bonchev–Trinajstić information content (AvgIpc) is 3.14. The third-order valence-corrected chi connectivity index (χ3v) is 7.24. The lowest BCUT2D eigenvalue weighted by Gasteiger charge is -2.24. The van der Waals surface area contributed by atoms with Gasteiger partial charge in [-0.15, -0.1) is 0 Å². The summed E-state index contributed by atoms with van der Waals surface area (Å²) in [5, 5.41) is 13.4. The van der Waals surface area contributed by atoms with Crippen molar-refractivity contribution in [3.63, 3.8) is 0 Å². The first-order chi connectivity index (χ1) is 15.4. The normalized spacial score (nSPS) is 16.9. The monoisotopic (exact) mass is 458 g/mol. The van der Waals surface area contributed by atoms with Crippen molar-refractivity contribution in [3.05, 3.63) is 30.5 Å². The van der Waals surface area contributed by atoms with Crippen LogP contribution in [0, 0.1) is 5.92 Å². The summed E-state index contributed by atoms with van der Waals surface area (Å²) in [6, 6.07) is 7.35. The lowest BCUT2D eigenvalue weighted by atomic mass is 10.1. The smallest absolute Gasteiger partial charge is 0.224 e. The van der Waals surface area contributed by atoms with Gasteiger partial charge in [0, 0.05) is 19.5 Å². The molecule has 0 aliphatic carbocycles. The van der Waals surface area contributed by atoms with Crippen LogP contribution in [0.1, 0.15) is 6.42 Å². The molecule has 3 N–H and O–H groups in total. The highest BCUT2D eigenvalue weighted by atomic mass is 32.2. The summed E-state index contributed by atoms with van der Waals surface area (Å²) in [4.78, 5) is 17.0. The molecule has 0 bridgehead atoms. The molecule has 2 aromatic heterocycles. The van der Waals surface area contributed by atoms with Crippen molar-refractivity contribution in [1.82, 2.24) is 14.6 Å². The number of hydrogen-bond donors (Lipinski definition) is 3. The third-order valence-electron chi connectivity index (χ3n) is 5.28. The summed E-state index contributed by atoms with van der Waals surface area (Å²) >= 11 is 0. The number of aromatic nitrogens is 3. The van der Waals surface area contributed by atoms with Crippen LogP contribution < -0.4 is 25.4 Å². The van der Waals surface area contributed by atoms with Crippen molar-refractivity contribution in [3.8, 4) is 11.5 Å². The zero-order valence-corrected chi connectivity index (χ0v) is 18.1. The van der Waals surface area contributed by atoms with Gasteiger partial charge in [0.15, 0.2) is 27.0 Å². The Morgan fingerprint density at radius 2 is 2.03 bits per heavy atom. The Morgan fingerprint density at radius 1 is 1.22 bits per heavy atom. The second-order valence-electron chi connectivity index (χ2n) is 7.72. The highest BCUT2D eigenvalue weighted by Crippen LogP contribution is 2.39. The zero-order valence-electron chi connectivity index (χ0n) is 17.3. The lowest BCUT2D eigenvalue weighted by Crippen LogP contribution is -2.38. The molecule has 1 aromatic carbocycles. The number of anilines is 4. The van der Waals surface area contributed by atoms with Gasteiger partial charge in [-0.05, 0) is 18.1 Å². The molecule has 0 saturated carbocycles. The molecule has 2 aliphatic rings. The number of carbonyl (C=O) groups is 1. The molecular formula is C20H22N6O5S. The van der Waals surface area contributed by atoms with E-state index in [0.717, 1.165) is 0 Å². The maximum atomic E-state index is 12.4. The van der Waals surface area contributed by atoms with Gasteiger partial charge in [0.2, 0.25) is 5.91 Å². The molecule has 12 heteroatoms. The predicted molar refractivity (Wildman–Crippen MR) is 119 cm³/mol. The zero-order chi connectivity index (χ0) is 22.3. The maximum Gasteiger partial charge on any atom is 0.224 e. The highest BCUT2D eigenvalue weighted by Gasteiger charge is 2.34. The number of benzene rings is 1. The second-order valence-corrected chi connectivity index (χ2v) is 9.87. The van der Waals surface area contributed by atoms with Gasteiger partial charge in [-0.25, -0.2) is 13.4 Å². The first-order valence-corrected chi connectivity index (χ1v) is 12.0. The van der Waals surface area contributed by atoms with E-state index in [4.69, 9.17) is 9.47 Å². The van der Waals surface area contributed by atoms with Crippen LogP contribution in [0.15, 0.2) is 30.5 Å². The second kappa shape index (κ2) is 7.86. The van der Waals surface area contributed by atoms with Crippen molar-refractivity contribution in [1.29, 1.82) is 0 Å². The fourth-order valence-electron chi connectivity index (χ4n) is 3.85. The van der Waals surface area contributed by atoms with Crippen LogP contribution in [0.5, 0.6) is 11.5 Å². The van der Waals surface area contributed by atoms with Crippen LogP contribution in [0.4, 0.5) is 23.0 Å². The van der Waals surface area contributed by atoms with Crippen molar-refractivity contribution in [2.75, 3.05) is 47.7 Å². The maximum absolute atomic E-state index is 12.4. The molecule has 1 amide bonds. The predicted octanol–water partition coefficient (Wildman–Crippen LogP) is 1.66. The van der Waals surface area contributed by atoms with E-state index in [0.29, 0.717) is 53.4 Å². The van der Waals surface area contributed by atoms with Crippen LogP contribution in [-0.4, -0.2) is 60.7 Å². The van der Waals surface area contributed by atoms with E-state index in [1.165, 1.54) is 6.20 Å². The van der Waals surface area contributed by atoms with Gasteiger partial charge in [-0.1, -0.05) is 6.07 Å².